The van der Waals surface area contributed by atoms with Crippen LogP contribution in [0.4, 0.5) is 10.8 Å². The molecule has 4 heterocycles. The van der Waals surface area contributed by atoms with E-state index in [1.165, 1.54) is 18.9 Å². The number of carbonyl (C=O) groups is 5. The number of anilines is 2. The lowest BCUT2D eigenvalue weighted by Crippen LogP contribution is -2.71. The van der Waals surface area contributed by atoms with Crippen molar-refractivity contribution in [3.05, 3.63) is 45.8 Å². The molecule has 2 atom stereocenters. The molecule has 0 aliphatic carbocycles. The van der Waals surface area contributed by atoms with Gasteiger partial charge in [-0.2, -0.15) is 4.57 Å². The molecule has 0 spiro atoms. The highest BCUT2D eigenvalue weighted by Gasteiger charge is 2.55. The molecule has 2 aliphatic heterocycles. The lowest BCUT2D eigenvalue weighted by atomic mass is 10.0. The second-order valence-electron chi connectivity index (χ2n) is 7.67. The molecule has 0 radical (unpaired) electrons. The summed E-state index contributed by atoms with van der Waals surface area (Å²) in [5.74, 6) is -2.44. The van der Waals surface area contributed by atoms with Crippen LogP contribution in [0.25, 0.3) is 0 Å². The number of rotatable bonds is 11. The van der Waals surface area contributed by atoms with Gasteiger partial charge in [-0.05, 0) is 6.07 Å². The Labute approximate surface area is 227 Å². The van der Waals surface area contributed by atoms with Crippen LogP contribution in [-0.2, 0) is 35.4 Å². The number of nitrogens with one attached hydrogen (secondary N) is 3. The number of halogens is 1. The third kappa shape index (κ3) is 5.32. The van der Waals surface area contributed by atoms with E-state index in [0.717, 1.165) is 16.2 Å². The van der Waals surface area contributed by atoms with E-state index in [-0.39, 0.29) is 38.9 Å². The van der Waals surface area contributed by atoms with Gasteiger partial charge in [-0.15, -0.1) is 11.8 Å². The Bertz CT molecular complexity index is 1380. The minimum absolute atomic E-state index is 0.0551. The third-order valence-electron chi connectivity index (χ3n) is 5.38. The van der Waals surface area contributed by atoms with Crippen molar-refractivity contribution in [2.45, 2.75) is 18.0 Å². The average molecular weight is 581 g/mol. The zero-order valence-corrected chi connectivity index (χ0v) is 21.8. The maximum absolute atomic E-state index is 13.0. The first-order chi connectivity index (χ1) is 18.3. The van der Waals surface area contributed by atoms with E-state index in [1.807, 2.05) is 0 Å². The van der Waals surface area contributed by atoms with Gasteiger partial charge in [-0.1, -0.05) is 28.1 Å². The molecular formula is C21H19ClN7O7S2+. The molecule has 38 heavy (non-hydrogen) atoms. The molecule has 1 unspecified atom stereocenters. The van der Waals surface area contributed by atoms with E-state index in [0.29, 0.717) is 24.1 Å². The van der Waals surface area contributed by atoms with Gasteiger partial charge in [0, 0.05) is 17.4 Å². The van der Waals surface area contributed by atoms with Gasteiger partial charge in [0.2, 0.25) is 12.8 Å². The number of carboxylic acid groups (broad SMARTS) is 1. The van der Waals surface area contributed by atoms with Crippen LogP contribution < -0.4 is 20.5 Å². The SMILES string of the molecule is CON=C(C(=O)NC1C(=O)N2C(C(=O)O)=C(C[n+]3cccc(NC=O)c3)CS[C@@H]12)c1nc(NC=O)sc1Cl. The number of pyridine rings is 1. The summed E-state index contributed by atoms with van der Waals surface area (Å²) < 4.78 is 1.74. The number of hydrogen-bond acceptors (Lipinski definition) is 10. The Hall–Kier alpha value is -4.02. The van der Waals surface area contributed by atoms with Crippen LogP contribution in [-0.4, -0.2) is 75.6 Å². The van der Waals surface area contributed by atoms with Crippen molar-refractivity contribution < 1.29 is 38.5 Å². The fraction of sp³-hybridized carbons (Fsp3) is 0.238. The number of amides is 4. The van der Waals surface area contributed by atoms with Gasteiger partial charge >= 0.3 is 5.97 Å². The number of carbonyl (C=O) groups excluding carboxylic acids is 4. The van der Waals surface area contributed by atoms with Crippen molar-refractivity contribution in [3.8, 4) is 0 Å². The zero-order valence-electron chi connectivity index (χ0n) is 19.4. The molecule has 14 nitrogen and oxygen atoms in total. The van der Waals surface area contributed by atoms with E-state index >= 15 is 0 Å². The van der Waals surface area contributed by atoms with E-state index in [4.69, 9.17) is 16.4 Å². The highest BCUT2D eigenvalue weighted by atomic mass is 35.5. The Morgan fingerprint density at radius 2 is 2.13 bits per heavy atom. The molecule has 17 heteroatoms. The Morgan fingerprint density at radius 1 is 1.37 bits per heavy atom. The molecule has 2 aromatic heterocycles. The Kier molecular flexibility index (Phi) is 8.23. The number of thioether (sulfide) groups is 1. The average Bonchev–Trinajstić information content (AvgIpc) is 3.25. The minimum atomic E-state index is -1.28. The number of β-lactam (4-membered cyclic amide) rings is 1. The van der Waals surface area contributed by atoms with Crippen LogP contribution in [0.15, 0.2) is 41.0 Å². The van der Waals surface area contributed by atoms with Crippen LogP contribution in [0.5, 0.6) is 0 Å². The Balaban J connectivity index is 1.53. The van der Waals surface area contributed by atoms with Crippen molar-refractivity contribution >= 4 is 81.8 Å². The number of nitrogens with zero attached hydrogens (tertiary/aromatic N) is 4. The largest absolute Gasteiger partial charge is 0.477 e. The number of fused-ring (bicyclic) bond motifs is 1. The summed E-state index contributed by atoms with van der Waals surface area (Å²) in [7, 11) is 1.21. The topological polar surface area (TPSA) is 183 Å². The molecule has 2 aliphatic rings. The molecule has 0 saturated carbocycles. The standard InChI is InChI=1S/C21H18ClN7O7S2/c1-36-27-13(12-16(22)38-21(26-12)24-9-31)17(32)25-14-18(33)29-15(20(34)35)10(7-37-19(14)29)5-28-4-2-3-11(6-28)23-8-30/h2-4,6,8-9,14,19H,5,7H2,1H3,(H3-,23,24,25,26,30,31,32,34,35)/p+1/t14?,19-/m0/s1. The van der Waals surface area contributed by atoms with Crippen LogP contribution >= 0.6 is 34.7 Å². The summed E-state index contributed by atoms with van der Waals surface area (Å²) in [6, 6.07) is 2.33. The predicted octanol–water partition coefficient (Wildman–Crippen LogP) is 0.00990. The summed E-state index contributed by atoms with van der Waals surface area (Å²) in [6.07, 6.45) is 4.26. The number of aromatic nitrogens is 2. The molecule has 2 aromatic rings. The fourth-order valence-corrected chi connectivity index (χ4v) is 6.19. The lowest BCUT2D eigenvalue weighted by Gasteiger charge is -2.49. The van der Waals surface area contributed by atoms with E-state index in [9.17, 15) is 29.1 Å². The van der Waals surface area contributed by atoms with Crippen molar-refractivity contribution in [1.29, 1.82) is 0 Å². The molecular weight excluding hydrogens is 562 g/mol. The number of carboxylic acids is 1. The third-order valence-corrected chi connectivity index (χ3v) is 7.91. The first kappa shape index (κ1) is 27.0. The highest BCUT2D eigenvalue weighted by Crippen LogP contribution is 2.40. The van der Waals surface area contributed by atoms with E-state index < -0.39 is 29.2 Å². The smallest absolute Gasteiger partial charge is 0.352 e. The van der Waals surface area contributed by atoms with Gasteiger partial charge < -0.3 is 25.9 Å². The van der Waals surface area contributed by atoms with E-state index in [2.05, 4.69) is 26.1 Å². The lowest BCUT2D eigenvalue weighted by molar-refractivity contribution is -0.688. The van der Waals surface area contributed by atoms with E-state index in [1.54, 1.807) is 29.1 Å². The first-order valence-corrected chi connectivity index (χ1v) is 12.9. The predicted molar refractivity (Wildman–Crippen MR) is 136 cm³/mol. The summed E-state index contributed by atoms with van der Waals surface area (Å²) in [5.41, 5.74) is 0.457. The first-order valence-electron chi connectivity index (χ1n) is 10.7. The van der Waals surface area contributed by atoms with Crippen LogP contribution in [0.2, 0.25) is 4.34 Å². The van der Waals surface area contributed by atoms with Crippen molar-refractivity contribution in [3.63, 3.8) is 0 Å². The molecule has 0 aromatic carbocycles. The van der Waals surface area contributed by atoms with Crippen molar-refractivity contribution in [2.75, 3.05) is 23.5 Å². The van der Waals surface area contributed by atoms with Gasteiger partial charge in [-0.3, -0.25) is 24.1 Å². The number of hydrogen-bond donors (Lipinski definition) is 4. The molecule has 198 valence electrons. The van der Waals surface area contributed by atoms with Crippen LogP contribution in [0.1, 0.15) is 5.69 Å². The number of thiazole rings is 1. The van der Waals surface area contributed by atoms with Crippen LogP contribution in [0, 0.1) is 0 Å². The number of aliphatic carboxylic acids is 1. The monoisotopic (exact) mass is 580 g/mol. The summed E-state index contributed by atoms with van der Waals surface area (Å²) >= 11 is 8.34. The quantitative estimate of drug-likeness (QED) is 0.0934. The summed E-state index contributed by atoms with van der Waals surface area (Å²) in [5, 5.41) is 20.4. The van der Waals surface area contributed by atoms with Gasteiger partial charge in [0.25, 0.3) is 11.8 Å². The second kappa shape index (κ2) is 11.6. The maximum Gasteiger partial charge on any atom is 0.352 e. The highest BCUT2D eigenvalue weighted by molar-refractivity contribution is 8.00. The summed E-state index contributed by atoms with van der Waals surface area (Å²) in [4.78, 5) is 69.6. The van der Waals surface area contributed by atoms with Gasteiger partial charge in [0.1, 0.15) is 39.9 Å². The molecule has 0 bridgehead atoms. The molecule has 4 N–H and O–H groups in total. The summed E-state index contributed by atoms with van der Waals surface area (Å²) in [6.45, 7) is 0.167. The molecule has 4 amide bonds. The Morgan fingerprint density at radius 3 is 2.82 bits per heavy atom. The molecule has 4 rings (SSSR count). The fourth-order valence-electron chi connectivity index (χ4n) is 3.85. The molecule has 1 fully saturated rings. The van der Waals surface area contributed by atoms with Crippen molar-refractivity contribution in [2.24, 2.45) is 5.16 Å². The van der Waals surface area contributed by atoms with Gasteiger partial charge in [0.15, 0.2) is 29.8 Å². The minimum Gasteiger partial charge on any atom is -0.477 e. The van der Waals surface area contributed by atoms with Gasteiger partial charge in [-0.25, -0.2) is 9.78 Å². The maximum atomic E-state index is 13.0. The second-order valence-corrected chi connectivity index (χ2v) is 10.4. The number of oxime groups is 1. The van der Waals surface area contributed by atoms with Crippen LogP contribution in [0.3, 0.4) is 0 Å². The normalized spacial score (nSPS) is 18.7. The molecule has 1 saturated heterocycles. The zero-order chi connectivity index (χ0) is 27.4. The van der Waals surface area contributed by atoms with Crippen molar-refractivity contribution in [1.82, 2.24) is 15.2 Å². The van der Waals surface area contributed by atoms with Gasteiger partial charge in [0.05, 0.1) is 0 Å².